The normalized spacial score (nSPS) is 18.1. The SMILES string of the molecule is Cc1cccc(-n2cnc3c(sc4nc(N5CCOCC5)c5c(c43)CC(C)(C)OC5)c2=O)c1. The molecular formula is C25H26N4O3S. The van der Waals surface area contributed by atoms with Crippen LogP contribution in [0.1, 0.15) is 30.5 Å². The van der Waals surface area contributed by atoms with Gasteiger partial charge in [-0.05, 0) is 44.0 Å². The number of aromatic nitrogens is 3. The number of hydrogen-bond acceptors (Lipinski definition) is 7. The van der Waals surface area contributed by atoms with Crippen LogP contribution in [0.2, 0.25) is 0 Å². The largest absolute Gasteiger partial charge is 0.378 e. The molecule has 2 aliphatic heterocycles. The molecule has 6 rings (SSSR count). The van der Waals surface area contributed by atoms with Gasteiger partial charge < -0.3 is 14.4 Å². The zero-order valence-electron chi connectivity index (χ0n) is 19.1. The minimum atomic E-state index is -0.283. The highest BCUT2D eigenvalue weighted by Crippen LogP contribution is 2.42. The lowest BCUT2D eigenvalue weighted by Crippen LogP contribution is -2.39. The lowest BCUT2D eigenvalue weighted by Gasteiger charge is -2.36. The topological polar surface area (TPSA) is 69.5 Å². The van der Waals surface area contributed by atoms with Gasteiger partial charge in [0.25, 0.3) is 5.56 Å². The van der Waals surface area contributed by atoms with Crippen LogP contribution in [0.5, 0.6) is 0 Å². The van der Waals surface area contributed by atoms with Crippen molar-refractivity contribution in [1.82, 2.24) is 14.5 Å². The van der Waals surface area contributed by atoms with E-state index in [1.807, 2.05) is 31.2 Å². The molecule has 1 aromatic carbocycles. The van der Waals surface area contributed by atoms with E-state index in [9.17, 15) is 4.79 Å². The fourth-order valence-corrected chi connectivity index (χ4v) is 5.93. The first kappa shape index (κ1) is 20.8. The highest BCUT2D eigenvalue weighted by Gasteiger charge is 2.33. The number of thiophene rings is 1. The van der Waals surface area contributed by atoms with E-state index >= 15 is 0 Å². The van der Waals surface area contributed by atoms with Gasteiger partial charge in [0.15, 0.2) is 0 Å². The summed E-state index contributed by atoms with van der Waals surface area (Å²) in [6.45, 7) is 9.75. The molecule has 4 aromatic rings. The smallest absolute Gasteiger partial charge is 0.275 e. The van der Waals surface area contributed by atoms with E-state index in [4.69, 9.17) is 19.4 Å². The first-order chi connectivity index (χ1) is 15.9. The van der Waals surface area contributed by atoms with Crippen molar-refractivity contribution in [3.63, 3.8) is 0 Å². The maximum atomic E-state index is 13.5. The summed E-state index contributed by atoms with van der Waals surface area (Å²) in [7, 11) is 0. The van der Waals surface area contributed by atoms with Gasteiger partial charge in [-0.25, -0.2) is 9.97 Å². The van der Waals surface area contributed by atoms with Crippen LogP contribution in [0.4, 0.5) is 5.82 Å². The van der Waals surface area contributed by atoms with E-state index < -0.39 is 0 Å². The second kappa shape index (κ2) is 7.62. The number of hydrogen-bond donors (Lipinski definition) is 0. The first-order valence-corrected chi connectivity index (χ1v) is 12.1. The van der Waals surface area contributed by atoms with Crippen molar-refractivity contribution in [2.24, 2.45) is 0 Å². The Bertz CT molecular complexity index is 1450. The molecule has 170 valence electrons. The summed E-state index contributed by atoms with van der Waals surface area (Å²) in [5.74, 6) is 0.960. The van der Waals surface area contributed by atoms with Gasteiger partial charge in [0.2, 0.25) is 0 Å². The van der Waals surface area contributed by atoms with Gasteiger partial charge in [-0.15, -0.1) is 11.3 Å². The van der Waals surface area contributed by atoms with E-state index in [-0.39, 0.29) is 11.2 Å². The predicted octanol–water partition coefficient (Wildman–Crippen LogP) is 3.99. The number of fused-ring (bicyclic) bond motifs is 5. The summed E-state index contributed by atoms with van der Waals surface area (Å²) in [6.07, 6.45) is 2.41. The molecule has 0 N–H and O–H groups in total. The Kier molecular flexibility index (Phi) is 4.79. The number of morpholine rings is 1. The zero-order chi connectivity index (χ0) is 22.7. The summed E-state index contributed by atoms with van der Waals surface area (Å²) < 4.78 is 14.0. The monoisotopic (exact) mass is 462 g/mol. The molecule has 8 heteroatoms. The van der Waals surface area contributed by atoms with Crippen LogP contribution in [0.25, 0.3) is 26.1 Å². The molecule has 1 fully saturated rings. The molecule has 0 spiro atoms. The molecule has 0 bridgehead atoms. The minimum absolute atomic E-state index is 0.0541. The molecule has 5 heterocycles. The van der Waals surface area contributed by atoms with E-state index in [0.717, 1.165) is 57.9 Å². The third kappa shape index (κ3) is 3.44. The van der Waals surface area contributed by atoms with E-state index in [2.05, 4.69) is 18.7 Å². The number of pyridine rings is 1. The molecule has 33 heavy (non-hydrogen) atoms. The van der Waals surface area contributed by atoms with Crippen LogP contribution in [0.15, 0.2) is 35.4 Å². The highest BCUT2D eigenvalue weighted by molar-refractivity contribution is 7.25. The third-order valence-corrected chi connectivity index (χ3v) is 7.58. The van der Waals surface area contributed by atoms with Crippen molar-refractivity contribution in [3.05, 3.63) is 57.6 Å². The zero-order valence-corrected chi connectivity index (χ0v) is 19.9. The van der Waals surface area contributed by atoms with Crippen molar-refractivity contribution in [2.45, 2.75) is 39.4 Å². The summed E-state index contributed by atoms with van der Waals surface area (Å²) in [5, 5.41) is 1.01. The Balaban J connectivity index is 1.62. The van der Waals surface area contributed by atoms with Gasteiger partial charge in [-0.2, -0.15) is 0 Å². The molecule has 2 aliphatic rings. The molecule has 0 aliphatic carbocycles. The molecular weight excluding hydrogens is 436 g/mol. The van der Waals surface area contributed by atoms with Crippen LogP contribution >= 0.6 is 11.3 Å². The summed E-state index contributed by atoms with van der Waals surface area (Å²) in [5.41, 5.74) is 4.67. The van der Waals surface area contributed by atoms with Crippen molar-refractivity contribution in [3.8, 4) is 5.69 Å². The molecule has 7 nitrogen and oxygen atoms in total. The van der Waals surface area contributed by atoms with Crippen LogP contribution in [-0.4, -0.2) is 46.4 Å². The second-order valence-corrected chi connectivity index (χ2v) is 10.4. The van der Waals surface area contributed by atoms with E-state index in [1.54, 1.807) is 10.9 Å². The van der Waals surface area contributed by atoms with Crippen molar-refractivity contribution in [1.29, 1.82) is 0 Å². The Hall–Kier alpha value is -2.81. The maximum Gasteiger partial charge on any atom is 0.275 e. The number of nitrogens with zero attached hydrogens (tertiary/aromatic N) is 4. The van der Waals surface area contributed by atoms with Crippen LogP contribution in [0.3, 0.4) is 0 Å². The van der Waals surface area contributed by atoms with Crippen molar-refractivity contribution < 1.29 is 9.47 Å². The fraction of sp³-hybridized carbons (Fsp3) is 0.400. The summed E-state index contributed by atoms with van der Waals surface area (Å²) in [6, 6.07) is 7.92. The van der Waals surface area contributed by atoms with Gasteiger partial charge in [0.05, 0.1) is 36.6 Å². The lowest BCUT2D eigenvalue weighted by atomic mass is 9.90. The van der Waals surface area contributed by atoms with Gasteiger partial charge in [-0.1, -0.05) is 12.1 Å². The average molecular weight is 463 g/mol. The first-order valence-electron chi connectivity index (χ1n) is 11.3. The summed E-state index contributed by atoms with van der Waals surface area (Å²) >= 11 is 1.45. The number of benzene rings is 1. The van der Waals surface area contributed by atoms with E-state index in [1.165, 1.54) is 16.9 Å². The predicted molar refractivity (Wildman–Crippen MR) is 131 cm³/mol. The van der Waals surface area contributed by atoms with Crippen LogP contribution in [0, 0.1) is 6.92 Å². The van der Waals surface area contributed by atoms with Gasteiger partial charge in [0, 0.05) is 30.5 Å². The standard InChI is InChI=1S/C25H26N4O3S/c1-15-5-4-6-16(11-15)29-14-26-20-19-17-12-25(2,3)32-13-18(17)22(28-7-9-31-10-8-28)27-23(19)33-21(20)24(29)30/h4-6,11,14H,7-10,12-13H2,1-3H3. The third-order valence-electron chi connectivity index (χ3n) is 6.52. The lowest BCUT2D eigenvalue weighted by molar-refractivity contribution is -0.0396. The molecule has 0 amide bonds. The number of rotatable bonds is 2. The maximum absolute atomic E-state index is 13.5. The van der Waals surface area contributed by atoms with Crippen LogP contribution < -0.4 is 10.5 Å². The molecule has 1 saturated heterocycles. The summed E-state index contributed by atoms with van der Waals surface area (Å²) in [4.78, 5) is 26.6. The Morgan fingerprint density at radius 2 is 1.97 bits per heavy atom. The van der Waals surface area contributed by atoms with Gasteiger partial charge in [-0.3, -0.25) is 9.36 Å². The van der Waals surface area contributed by atoms with Crippen molar-refractivity contribution >= 4 is 37.6 Å². The van der Waals surface area contributed by atoms with Crippen LogP contribution in [-0.2, 0) is 22.5 Å². The molecule has 0 unspecified atom stereocenters. The minimum Gasteiger partial charge on any atom is -0.378 e. The Morgan fingerprint density at radius 1 is 1.15 bits per heavy atom. The second-order valence-electron chi connectivity index (χ2n) is 9.44. The van der Waals surface area contributed by atoms with Gasteiger partial charge in [0.1, 0.15) is 21.7 Å². The fourth-order valence-electron chi connectivity index (χ4n) is 4.85. The molecule has 0 radical (unpaired) electrons. The van der Waals surface area contributed by atoms with Crippen molar-refractivity contribution in [2.75, 3.05) is 31.2 Å². The highest BCUT2D eigenvalue weighted by atomic mass is 32.1. The average Bonchev–Trinajstić information content (AvgIpc) is 3.18. The van der Waals surface area contributed by atoms with Gasteiger partial charge >= 0.3 is 0 Å². The molecule has 0 atom stereocenters. The molecule has 3 aromatic heterocycles. The number of ether oxygens (including phenoxy) is 2. The number of aryl methyl sites for hydroxylation is 1. The molecule has 0 saturated carbocycles. The number of anilines is 1. The Labute approximate surface area is 195 Å². The van der Waals surface area contributed by atoms with E-state index in [0.29, 0.717) is 24.5 Å². The quantitative estimate of drug-likeness (QED) is 0.449. The Morgan fingerprint density at radius 3 is 2.76 bits per heavy atom.